The van der Waals surface area contributed by atoms with Gasteiger partial charge in [-0.1, -0.05) is 24.3 Å². The van der Waals surface area contributed by atoms with Gasteiger partial charge in [0.1, 0.15) is 5.60 Å². The summed E-state index contributed by atoms with van der Waals surface area (Å²) in [5, 5.41) is 0. The van der Waals surface area contributed by atoms with Crippen molar-refractivity contribution in [2.45, 2.75) is 77.0 Å². The molecule has 3 aliphatic heterocycles. The summed E-state index contributed by atoms with van der Waals surface area (Å²) in [5.41, 5.74) is 2.39. The molecule has 31 heavy (non-hydrogen) atoms. The number of hydrogen-bond donors (Lipinski definition) is 0. The number of nitrogens with zero attached hydrogens (tertiary/aromatic N) is 3. The number of fused-ring (bicyclic) bond motifs is 2. The number of piperidine rings is 2. The summed E-state index contributed by atoms with van der Waals surface area (Å²) in [6.07, 6.45) is 3.98. The fourth-order valence-electron chi connectivity index (χ4n) is 5.59. The van der Waals surface area contributed by atoms with E-state index in [1.165, 1.54) is 11.1 Å². The van der Waals surface area contributed by atoms with Crippen molar-refractivity contribution < 1.29 is 14.3 Å². The SMILES string of the molecule is CC(=O)N1Cc2ccccc2C2(CCN(C3CCN(C(=O)OC(C)(C)C)CC3)CC2)C1. The molecule has 1 spiro atoms. The van der Waals surface area contributed by atoms with E-state index in [-0.39, 0.29) is 17.4 Å². The Balaban J connectivity index is 1.37. The third-order valence-corrected chi connectivity index (χ3v) is 7.28. The van der Waals surface area contributed by atoms with Crippen LogP contribution in [-0.4, -0.2) is 71.1 Å². The molecular weight excluding hydrogens is 390 g/mol. The van der Waals surface area contributed by atoms with E-state index in [1.807, 2.05) is 30.6 Å². The Hall–Kier alpha value is -2.08. The van der Waals surface area contributed by atoms with Gasteiger partial charge in [-0.3, -0.25) is 4.79 Å². The maximum atomic E-state index is 12.4. The van der Waals surface area contributed by atoms with Crippen LogP contribution in [0.5, 0.6) is 0 Å². The molecule has 4 rings (SSSR count). The molecule has 0 N–H and O–H groups in total. The zero-order valence-corrected chi connectivity index (χ0v) is 19.5. The molecule has 1 aromatic carbocycles. The van der Waals surface area contributed by atoms with Crippen LogP contribution in [0.3, 0.4) is 0 Å². The quantitative estimate of drug-likeness (QED) is 0.684. The minimum atomic E-state index is -0.445. The van der Waals surface area contributed by atoms with Crippen molar-refractivity contribution in [1.29, 1.82) is 0 Å². The van der Waals surface area contributed by atoms with Gasteiger partial charge in [0, 0.05) is 44.6 Å². The van der Waals surface area contributed by atoms with Gasteiger partial charge >= 0.3 is 6.09 Å². The first kappa shape index (κ1) is 22.1. The number of rotatable bonds is 1. The topological polar surface area (TPSA) is 53.1 Å². The van der Waals surface area contributed by atoms with E-state index in [1.54, 1.807) is 6.92 Å². The molecular formula is C25H37N3O3. The molecule has 1 aromatic rings. The normalized spacial score (nSPS) is 22.3. The summed E-state index contributed by atoms with van der Waals surface area (Å²) in [4.78, 5) is 31.1. The van der Waals surface area contributed by atoms with Crippen LogP contribution < -0.4 is 0 Å². The number of carbonyl (C=O) groups is 2. The third kappa shape index (κ3) is 4.74. The largest absolute Gasteiger partial charge is 0.444 e. The summed E-state index contributed by atoms with van der Waals surface area (Å²) in [6, 6.07) is 9.22. The number of carbonyl (C=O) groups excluding carboxylic acids is 2. The molecule has 0 saturated carbocycles. The number of ether oxygens (including phenoxy) is 1. The highest BCUT2D eigenvalue weighted by molar-refractivity contribution is 5.74. The highest BCUT2D eigenvalue weighted by Gasteiger charge is 2.43. The second-order valence-corrected chi connectivity index (χ2v) is 10.5. The fourth-order valence-corrected chi connectivity index (χ4v) is 5.59. The second-order valence-electron chi connectivity index (χ2n) is 10.5. The Labute approximate surface area is 186 Å². The van der Waals surface area contributed by atoms with Crippen LogP contribution in [0, 0.1) is 0 Å². The monoisotopic (exact) mass is 427 g/mol. The van der Waals surface area contributed by atoms with E-state index >= 15 is 0 Å². The fraction of sp³-hybridized carbons (Fsp3) is 0.680. The molecule has 2 fully saturated rings. The van der Waals surface area contributed by atoms with Crippen molar-refractivity contribution in [1.82, 2.24) is 14.7 Å². The molecule has 2 saturated heterocycles. The van der Waals surface area contributed by atoms with Gasteiger partial charge in [-0.2, -0.15) is 0 Å². The zero-order valence-electron chi connectivity index (χ0n) is 19.5. The first-order valence-electron chi connectivity index (χ1n) is 11.7. The van der Waals surface area contributed by atoms with Gasteiger partial charge in [0.2, 0.25) is 5.91 Å². The van der Waals surface area contributed by atoms with Crippen molar-refractivity contribution in [2.75, 3.05) is 32.7 Å². The van der Waals surface area contributed by atoms with E-state index in [9.17, 15) is 9.59 Å². The van der Waals surface area contributed by atoms with E-state index in [2.05, 4.69) is 29.2 Å². The van der Waals surface area contributed by atoms with E-state index in [0.717, 1.165) is 65.0 Å². The molecule has 0 aliphatic carbocycles. The number of benzene rings is 1. The van der Waals surface area contributed by atoms with Crippen LogP contribution >= 0.6 is 0 Å². The van der Waals surface area contributed by atoms with Crippen LogP contribution in [-0.2, 0) is 21.5 Å². The number of hydrogen-bond acceptors (Lipinski definition) is 4. The summed E-state index contributed by atoms with van der Waals surface area (Å²) in [6.45, 7) is 12.6. The van der Waals surface area contributed by atoms with Gasteiger partial charge in [-0.25, -0.2) is 4.79 Å². The number of likely N-dealkylation sites (tertiary alicyclic amines) is 2. The molecule has 0 atom stereocenters. The summed E-state index contributed by atoms with van der Waals surface area (Å²) < 4.78 is 5.54. The maximum absolute atomic E-state index is 12.4. The Morgan fingerprint density at radius 3 is 2.26 bits per heavy atom. The van der Waals surface area contributed by atoms with Gasteiger partial charge in [0.15, 0.2) is 0 Å². The predicted molar refractivity (Wildman–Crippen MR) is 121 cm³/mol. The summed E-state index contributed by atoms with van der Waals surface area (Å²) in [7, 11) is 0. The molecule has 0 aromatic heterocycles. The summed E-state index contributed by atoms with van der Waals surface area (Å²) in [5.74, 6) is 0.172. The maximum Gasteiger partial charge on any atom is 0.410 e. The molecule has 0 radical (unpaired) electrons. The van der Waals surface area contributed by atoms with E-state index in [4.69, 9.17) is 4.74 Å². The molecule has 3 heterocycles. The summed E-state index contributed by atoms with van der Waals surface area (Å²) >= 11 is 0. The van der Waals surface area contributed by atoms with Crippen LogP contribution in [0.1, 0.15) is 64.5 Å². The first-order chi connectivity index (χ1) is 14.7. The smallest absolute Gasteiger partial charge is 0.410 e. The number of amides is 2. The second kappa shape index (κ2) is 8.45. The van der Waals surface area contributed by atoms with Crippen molar-refractivity contribution in [3.05, 3.63) is 35.4 Å². The third-order valence-electron chi connectivity index (χ3n) is 7.28. The average molecular weight is 428 g/mol. The highest BCUT2D eigenvalue weighted by atomic mass is 16.6. The van der Waals surface area contributed by atoms with Crippen LogP contribution in [0.15, 0.2) is 24.3 Å². The lowest BCUT2D eigenvalue weighted by molar-refractivity contribution is -0.131. The van der Waals surface area contributed by atoms with Gasteiger partial charge in [-0.05, 0) is 70.7 Å². The van der Waals surface area contributed by atoms with Crippen LogP contribution in [0.25, 0.3) is 0 Å². The minimum absolute atomic E-state index is 0.0776. The van der Waals surface area contributed by atoms with Gasteiger partial charge in [0.25, 0.3) is 0 Å². The van der Waals surface area contributed by atoms with Crippen LogP contribution in [0.2, 0.25) is 0 Å². The minimum Gasteiger partial charge on any atom is -0.444 e. The Bertz CT molecular complexity index is 816. The molecule has 3 aliphatic rings. The average Bonchev–Trinajstić information content (AvgIpc) is 2.73. The molecule has 6 nitrogen and oxygen atoms in total. The Kier molecular flexibility index (Phi) is 6.03. The van der Waals surface area contributed by atoms with Gasteiger partial charge in [0.05, 0.1) is 0 Å². The predicted octanol–water partition coefficient (Wildman–Crippen LogP) is 3.78. The zero-order chi connectivity index (χ0) is 22.2. The molecule has 0 bridgehead atoms. The van der Waals surface area contributed by atoms with Crippen molar-refractivity contribution in [3.8, 4) is 0 Å². The first-order valence-corrected chi connectivity index (χ1v) is 11.7. The van der Waals surface area contributed by atoms with Crippen molar-refractivity contribution >= 4 is 12.0 Å². The molecule has 170 valence electrons. The Morgan fingerprint density at radius 2 is 1.65 bits per heavy atom. The standard InChI is InChI=1S/C25H37N3O3/c1-19(29)28-17-20-7-5-6-8-22(20)25(18-28)11-15-26(16-12-25)21-9-13-27(14-10-21)23(30)31-24(2,3)4/h5-8,21H,9-18H2,1-4H3. The van der Waals surface area contributed by atoms with E-state index in [0.29, 0.717) is 6.04 Å². The molecule has 2 amide bonds. The highest BCUT2D eigenvalue weighted by Crippen LogP contribution is 2.42. The molecule has 6 heteroatoms. The van der Waals surface area contributed by atoms with Gasteiger partial charge < -0.3 is 19.4 Å². The van der Waals surface area contributed by atoms with Crippen molar-refractivity contribution in [2.24, 2.45) is 0 Å². The lowest BCUT2D eigenvalue weighted by atomic mass is 9.68. The lowest BCUT2D eigenvalue weighted by Crippen LogP contribution is -2.56. The van der Waals surface area contributed by atoms with E-state index < -0.39 is 5.60 Å². The van der Waals surface area contributed by atoms with Gasteiger partial charge in [-0.15, -0.1) is 0 Å². The van der Waals surface area contributed by atoms with Crippen LogP contribution in [0.4, 0.5) is 4.79 Å². The lowest BCUT2D eigenvalue weighted by Gasteiger charge is -2.50. The van der Waals surface area contributed by atoms with Crippen molar-refractivity contribution in [3.63, 3.8) is 0 Å². The molecule has 0 unspecified atom stereocenters. The Morgan fingerprint density at radius 1 is 1.00 bits per heavy atom.